The maximum Gasteiger partial charge on any atom is 0.311 e. The molecule has 1 rings (SSSR count). The van der Waals surface area contributed by atoms with Crippen LogP contribution in [0, 0.1) is 0 Å². The summed E-state index contributed by atoms with van der Waals surface area (Å²) in [5.74, 6) is 0.402. The SMILES string of the molecule is CCCCOCCCC(=O)Oc1ccccc1. The lowest BCUT2D eigenvalue weighted by Gasteiger charge is -2.04. The number of benzene rings is 1. The van der Waals surface area contributed by atoms with Crippen molar-refractivity contribution in [2.75, 3.05) is 13.2 Å². The number of para-hydroxylation sites is 1. The second kappa shape index (κ2) is 8.76. The maximum absolute atomic E-state index is 11.4. The molecule has 0 spiro atoms. The van der Waals surface area contributed by atoms with Crippen molar-refractivity contribution in [3.63, 3.8) is 0 Å². The molecule has 0 N–H and O–H groups in total. The quantitative estimate of drug-likeness (QED) is 0.395. The van der Waals surface area contributed by atoms with Crippen molar-refractivity contribution in [1.29, 1.82) is 0 Å². The van der Waals surface area contributed by atoms with Crippen LogP contribution >= 0.6 is 0 Å². The van der Waals surface area contributed by atoms with E-state index < -0.39 is 0 Å². The van der Waals surface area contributed by atoms with E-state index in [2.05, 4.69) is 6.92 Å². The number of carbonyl (C=O) groups excluding carboxylic acids is 1. The average molecular weight is 236 g/mol. The first-order valence-electron chi connectivity index (χ1n) is 6.16. The Labute approximate surface area is 103 Å². The average Bonchev–Trinajstić information content (AvgIpc) is 2.35. The van der Waals surface area contributed by atoms with Gasteiger partial charge in [0.2, 0.25) is 0 Å². The van der Waals surface area contributed by atoms with E-state index >= 15 is 0 Å². The molecule has 3 heteroatoms. The highest BCUT2D eigenvalue weighted by atomic mass is 16.5. The third-order valence-corrected chi connectivity index (χ3v) is 2.29. The number of carbonyl (C=O) groups is 1. The summed E-state index contributed by atoms with van der Waals surface area (Å²) >= 11 is 0. The molecule has 0 aromatic heterocycles. The first-order valence-corrected chi connectivity index (χ1v) is 6.16. The summed E-state index contributed by atoms with van der Waals surface area (Å²) in [6, 6.07) is 9.12. The minimum absolute atomic E-state index is 0.199. The standard InChI is InChI=1S/C14H20O3/c1-2-3-11-16-12-7-10-14(15)17-13-8-5-4-6-9-13/h4-6,8-9H,2-3,7,10-12H2,1H3. The van der Waals surface area contributed by atoms with Gasteiger partial charge in [0, 0.05) is 19.6 Å². The van der Waals surface area contributed by atoms with Gasteiger partial charge in [-0.1, -0.05) is 31.5 Å². The van der Waals surface area contributed by atoms with Gasteiger partial charge >= 0.3 is 5.97 Å². The second-order valence-corrected chi connectivity index (χ2v) is 3.86. The molecule has 0 aliphatic rings. The van der Waals surface area contributed by atoms with Gasteiger partial charge in [-0.05, 0) is 25.0 Å². The molecule has 0 aliphatic heterocycles. The molecule has 0 saturated heterocycles. The molecule has 0 heterocycles. The third kappa shape index (κ3) is 6.74. The van der Waals surface area contributed by atoms with E-state index in [1.54, 1.807) is 12.1 Å². The highest BCUT2D eigenvalue weighted by Gasteiger charge is 2.03. The molecule has 1 aromatic carbocycles. The van der Waals surface area contributed by atoms with E-state index in [1.165, 1.54) is 0 Å². The van der Waals surface area contributed by atoms with E-state index in [0.29, 0.717) is 18.8 Å². The summed E-state index contributed by atoms with van der Waals surface area (Å²) in [6.07, 6.45) is 3.33. The fourth-order valence-electron chi connectivity index (χ4n) is 1.34. The third-order valence-electron chi connectivity index (χ3n) is 2.29. The Morgan fingerprint density at radius 1 is 1.12 bits per heavy atom. The Morgan fingerprint density at radius 3 is 2.53 bits per heavy atom. The van der Waals surface area contributed by atoms with E-state index in [4.69, 9.17) is 9.47 Å². The van der Waals surface area contributed by atoms with Crippen molar-refractivity contribution >= 4 is 5.97 Å². The van der Waals surface area contributed by atoms with Crippen LogP contribution in [-0.4, -0.2) is 19.2 Å². The minimum atomic E-state index is -0.199. The number of hydrogen-bond acceptors (Lipinski definition) is 3. The number of ether oxygens (including phenoxy) is 2. The maximum atomic E-state index is 11.4. The van der Waals surface area contributed by atoms with Crippen LogP contribution in [-0.2, 0) is 9.53 Å². The van der Waals surface area contributed by atoms with Crippen LogP contribution in [0.15, 0.2) is 30.3 Å². The van der Waals surface area contributed by atoms with Crippen LogP contribution in [0.3, 0.4) is 0 Å². The fourth-order valence-corrected chi connectivity index (χ4v) is 1.34. The summed E-state index contributed by atoms with van der Waals surface area (Å²) in [5.41, 5.74) is 0. The molecule has 0 fully saturated rings. The Kier molecular flexibility index (Phi) is 7.07. The van der Waals surface area contributed by atoms with Gasteiger partial charge < -0.3 is 9.47 Å². The van der Waals surface area contributed by atoms with E-state index in [-0.39, 0.29) is 5.97 Å². The molecule has 17 heavy (non-hydrogen) atoms. The van der Waals surface area contributed by atoms with Crippen molar-refractivity contribution in [2.24, 2.45) is 0 Å². The van der Waals surface area contributed by atoms with Crippen LogP contribution < -0.4 is 4.74 Å². The number of hydrogen-bond donors (Lipinski definition) is 0. The summed E-state index contributed by atoms with van der Waals surface area (Å²) < 4.78 is 10.5. The Hall–Kier alpha value is -1.35. The topological polar surface area (TPSA) is 35.5 Å². The second-order valence-electron chi connectivity index (χ2n) is 3.86. The Balaban J connectivity index is 2.06. The largest absolute Gasteiger partial charge is 0.427 e. The molecule has 0 amide bonds. The summed E-state index contributed by atoms with van der Waals surface area (Å²) in [7, 11) is 0. The van der Waals surface area contributed by atoms with E-state index in [1.807, 2.05) is 18.2 Å². The fraction of sp³-hybridized carbons (Fsp3) is 0.500. The predicted molar refractivity (Wildman–Crippen MR) is 67.0 cm³/mol. The van der Waals surface area contributed by atoms with Crippen molar-refractivity contribution in [3.05, 3.63) is 30.3 Å². The van der Waals surface area contributed by atoms with Crippen molar-refractivity contribution in [3.8, 4) is 5.75 Å². The lowest BCUT2D eigenvalue weighted by atomic mass is 10.3. The zero-order chi connectivity index (χ0) is 12.3. The molecule has 94 valence electrons. The zero-order valence-electron chi connectivity index (χ0n) is 10.4. The van der Waals surface area contributed by atoms with Crippen molar-refractivity contribution in [2.45, 2.75) is 32.6 Å². The molecule has 0 bridgehead atoms. The lowest BCUT2D eigenvalue weighted by molar-refractivity contribution is -0.134. The van der Waals surface area contributed by atoms with E-state index in [9.17, 15) is 4.79 Å². The molecule has 0 saturated carbocycles. The minimum Gasteiger partial charge on any atom is -0.427 e. The molecule has 1 aromatic rings. The number of esters is 1. The van der Waals surface area contributed by atoms with Crippen LogP contribution in [0.25, 0.3) is 0 Å². The lowest BCUT2D eigenvalue weighted by Crippen LogP contribution is -2.09. The Morgan fingerprint density at radius 2 is 1.82 bits per heavy atom. The van der Waals surface area contributed by atoms with Gasteiger partial charge in [-0.2, -0.15) is 0 Å². The number of unbranched alkanes of at least 4 members (excludes halogenated alkanes) is 1. The van der Waals surface area contributed by atoms with Crippen molar-refractivity contribution in [1.82, 2.24) is 0 Å². The van der Waals surface area contributed by atoms with Gasteiger partial charge in [-0.25, -0.2) is 0 Å². The van der Waals surface area contributed by atoms with Gasteiger partial charge in [-0.15, -0.1) is 0 Å². The van der Waals surface area contributed by atoms with Gasteiger partial charge in [-0.3, -0.25) is 4.79 Å². The highest BCUT2D eigenvalue weighted by molar-refractivity contribution is 5.72. The molecule has 0 radical (unpaired) electrons. The normalized spacial score (nSPS) is 10.2. The van der Waals surface area contributed by atoms with Crippen LogP contribution in [0.5, 0.6) is 5.75 Å². The van der Waals surface area contributed by atoms with Gasteiger partial charge in [0.1, 0.15) is 5.75 Å². The van der Waals surface area contributed by atoms with Crippen molar-refractivity contribution < 1.29 is 14.3 Å². The molecule has 0 unspecified atom stereocenters. The van der Waals surface area contributed by atoms with Crippen LogP contribution in [0.4, 0.5) is 0 Å². The highest BCUT2D eigenvalue weighted by Crippen LogP contribution is 2.09. The van der Waals surface area contributed by atoms with Gasteiger partial charge in [0.05, 0.1) is 0 Å². The van der Waals surface area contributed by atoms with Gasteiger partial charge in [0.15, 0.2) is 0 Å². The first-order chi connectivity index (χ1) is 8.33. The monoisotopic (exact) mass is 236 g/mol. The van der Waals surface area contributed by atoms with E-state index in [0.717, 1.165) is 25.9 Å². The predicted octanol–water partition coefficient (Wildman–Crippen LogP) is 3.19. The summed E-state index contributed by atoms with van der Waals surface area (Å²) in [6.45, 7) is 3.54. The van der Waals surface area contributed by atoms with Crippen LogP contribution in [0.1, 0.15) is 32.6 Å². The summed E-state index contributed by atoms with van der Waals surface area (Å²) in [5, 5.41) is 0. The summed E-state index contributed by atoms with van der Waals surface area (Å²) in [4.78, 5) is 11.4. The first kappa shape index (κ1) is 13.7. The molecule has 0 atom stereocenters. The van der Waals surface area contributed by atoms with Crippen LogP contribution in [0.2, 0.25) is 0 Å². The van der Waals surface area contributed by atoms with Gasteiger partial charge in [0.25, 0.3) is 0 Å². The molecular formula is C14H20O3. The smallest absolute Gasteiger partial charge is 0.311 e. The number of rotatable bonds is 8. The Bertz CT molecular complexity index is 309. The zero-order valence-corrected chi connectivity index (χ0v) is 10.4. The molecule has 0 aliphatic carbocycles. The molecule has 3 nitrogen and oxygen atoms in total. The molecular weight excluding hydrogens is 216 g/mol.